The maximum absolute atomic E-state index is 12.5. The van der Waals surface area contributed by atoms with Gasteiger partial charge in [0.25, 0.3) is 0 Å². The normalized spacial score (nSPS) is 14.0. The second-order valence-electron chi connectivity index (χ2n) is 5.02. The molecule has 0 saturated heterocycles. The first kappa shape index (κ1) is 17.6. The number of carbonyl (C=O) groups excluding carboxylic acids is 1. The van der Waals surface area contributed by atoms with Crippen molar-refractivity contribution in [1.82, 2.24) is 10.2 Å². The van der Waals surface area contributed by atoms with Crippen molar-refractivity contribution < 1.29 is 14.3 Å². The summed E-state index contributed by atoms with van der Waals surface area (Å²) < 4.78 is 10.2. The second kappa shape index (κ2) is 8.77. The topological polar surface area (TPSA) is 50.8 Å². The van der Waals surface area contributed by atoms with Gasteiger partial charge in [0, 0.05) is 20.2 Å². The standard InChI is InChI=1S/C16H26N2O3/c1-5-17-16(15(19)21-4,13-18(2)11-12-20-3)14-9-7-6-8-10-14/h6-10,17H,5,11-13H2,1-4H3. The molecule has 118 valence electrons. The molecule has 1 aromatic carbocycles. The molecule has 0 aliphatic heterocycles. The summed E-state index contributed by atoms with van der Waals surface area (Å²) in [5.41, 5.74) is 0.0377. The van der Waals surface area contributed by atoms with E-state index in [4.69, 9.17) is 9.47 Å². The lowest BCUT2D eigenvalue weighted by Gasteiger charge is -2.35. The molecule has 0 spiro atoms. The van der Waals surface area contributed by atoms with Gasteiger partial charge in [-0.05, 0) is 19.2 Å². The van der Waals surface area contributed by atoms with Crippen LogP contribution in [0.25, 0.3) is 0 Å². The van der Waals surface area contributed by atoms with E-state index in [0.717, 1.165) is 12.1 Å². The zero-order valence-corrected chi connectivity index (χ0v) is 13.4. The van der Waals surface area contributed by atoms with Crippen LogP contribution in [0.15, 0.2) is 30.3 Å². The lowest BCUT2D eigenvalue weighted by atomic mass is 9.89. The fourth-order valence-electron chi connectivity index (χ4n) is 2.43. The predicted molar refractivity (Wildman–Crippen MR) is 83.2 cm³/mol. The Labute approximate surface area is 127 Å². The SMILES string of the molecule is CCNC(CN(C)CCOC)(C(=O)OC)c1ccccc1. The van der Waals surface area contributed by atoms with Crippen LogP contribution < -0.4 is 5.32 Å². The number of carbonyl (C=O) groups is 1. The minimum Gasteiger partial charge on any atom is -0.467 e. The fraction of sp³-hybridized carbons (Fsp3) is 0.562. The molecule has 0 aromatic heterocycles. The fourth-order valence-corrected chi connectivity index (χ4v) is 2.43. The Morgan fingerprint density at radius 1 is 1.29 bits per heavy atom. The van der Waals surface area contributed by atoms with E-state index in [0.29, 0.717) is 19.7 Å². The monoisotopic (exact) mass is 294 g/mol. The molecule has 0 fully saturated rings. The van der Waals surface area contributed by atoms with Gasteiger partial charge in [-0.15, -0.1) is 0 Å². The number of likely N-dealkylation sites (N-methyl/N-ethyl adjacent to an activating group) is 2. The summed E-state index contributed by atoms with van der Waals surface area (Å²) in [6.45, 7) is 4.53. The molecule has 1 rings (SSSR count). The highest BCUT2D eigenvalue weighted by atomic mass is 16.5. The van der Waals surface area contributed by atoms with Crippen molar-refractivity contribution in [1.29, 1.82) is 0 Å². The first-order chi connectivity index (χ1) is 10.1. The summed E-state index contributed by atoms with van der Waals surface area (Å²) in [5, 5.41) is 3.31. The maximum atomic E-state index is 12.5. The number of methoxy groups -OCH3 is 2. The largest absolute Gasteiger partial charge is 0.467 e. The highest BCUT2D eigenvalue weighted by Gasteiger charge is 2.41. The minimum absolute atomic E-state index is 0.278. The molecule has 21 heavy (non-hydrogen) atoms. The minimum atomic E-state index is -0.868. The maximum Gasteiger partial charge on any atom is 0.332 e. The molecule has 0 radical (unpaired) electrons. The number of esters is 1. The lowest BCUT2D eigenvalue weighted by molar-refractivity contribution is -0.150. The van der Waals surface area contributed by atoms with Crippen LogP contribution >= 0.6 is 0 Å². The van der Waals surface area contributed by atoms with Crippen LogP contribution in [-0.2, 0) is 19.8 Å². The quantitative estimate of drug-likeness (QED) is 0.695. The summed E-state index contributed by atoms with van der Waals surface area (Å²) in [4.78, 5) is 14.6. The van der Waals surface area contributed by atoms with Crippen molar-refractivity contribution in [3.05, 3.63) is 35.9 Å². The predicted octanol–water partition coefficient (Wildman–Crippen LogP) is 1.24. The smallest absolute Gasteiger partial charge is 0.332 e. The molecule has 0 saturated carbocycles. The summed E-state index contributed by atoms with van der Waals surface area (Å²) in [6, 6.07) is 9.69. The summed E-state index contributed by atoms with van der Waals surface area (Å²) in [5.74, 6) is -0.278. The molecule has 1 N–H and O–H groups in total. The highest BCUT2D eigenvalue weighted by Crippen LogP contribution is 2.24. The van der Waals surface area contributed by atoms with Crippen molar-refractivity contribution in [3.63, 3.8) is 0 Å². The molecule has 1 unspecified atom stereocenters. The Balaban J connectivity index is 3.10. The van der Waals surface area contributed by atoms with E-state index in [-0.39, 0.29) is 5.97 Å². The van der Waals surface area contributed by atoms with Crippen LogP contribution in [0, 0.1) is 0 Å². The van der Waals surface area contributed by atoms with E-state index in [1.54, 1.807) is 7.11 Å². The molecule has 0 aliphatic rings. The van der Waals surface area contributed by atoms with Crippen LogP contribution in [0.2, 0.25) is 0 Å². The van der Waals surface area contributed by atoms with Crippen molar-refractivity contribution in [2.75, 3.05) is 47.5 Å². The van der Waals surface area contributed by atoms with Gasteiger partial charge in [0.2, 0.25) is 0 Å². The molecule has 0 heterocycles. The van der Waals surface area contributed by atoms with Gasteiger partial charge in [-0.3, -0.25) is 5.32 Å². The number of hydrogen-bond donors (Lipinski definition) is 1. The Kier molecular flexibility index (Phi) is 7.36. The molecule has 0 bridgehead atoms. The lowest BCUT2D eigenvalue weighted by Crippen LogP contribution is -2.56. The van der Waals surface area contributed by atoms with Gasteiger partial charge in [-0.2, -0.15) is 0 Å². The van der Waals surface area contributed by atoms with Crippen molar-refractivity contribution in [2.45, 2.75) is 12.5 Å². The summed E-state index contributed by atoms with van der Waals surface area (Å²) in [7, 11) is 5.06. The van der Waals surface area contributed by atoms with E-state index in [1.165, 1.54) is 7.11 Å². The number of rotatable bonds is 9. The van der Waals surface area contributed by atoms with E-state index in [9.17, 15) is 4.79 Å². The van der Waals surface area contributed by atoms with Gasteiger partial charge in [-0.1, -0.05) is 37.3 Å². The molecule has 5 heteroatoms. The zero-order chi connectivity index (χ0) is 15.7. The molecule has 1 aromatic rings. The third kappa shape index (κ3) is 4.52. The molecular weight excluding hydrogens is 268 g/mol. The van der Waals surface area contributed by atoms with E-state index >= 15 is 0 Å². The Morgan fingerprint density at radius 3 is 2.48 bits per heavy atom. The number of hydrogen-bond acceptors (Lipinski definition) is 5. The third-order valence-corrected chi connectivity index (χ3v) is 3.46. The van der Waals surface area contributed by atoms with Gasteiger partial charge in [0.15, 0.2) is 5.54 Å². The van der Waals surface area contributed by atoms with Gasteiger partial charge in [0.05, 0.1) is 13.7 Å². The summed E-state index contributed by atoms with van der Waals surface area (Å²) in [6.07, 6.45) is 0. The van der Waals surface area contributed by atoms with Crippen LogP contribution in [0.4, 0.5) is 0 Å². The van der Waals surface area contributed by atoms with Crippen LogP contribution in [-0.4, -0.2) is 58.4 Å². The van der Waals surface area contributed by atoms with Crippen molar-refractivity contribution in [2.24, 2.45) is 0 Å². The van der Waals surface area contributed by atoms with E-state index in [1.807, 2.05) is 44.3 Å². The second-order valence-corrected chi connectivity index (χ2v) is 5.02. The molecule has 1 atom stereocenters. The molecule has 0 amide bonds. The highest BCUT2D eigenvalue weighted by molar-refractivity contribution is 5.83. The average molecular weight is 294 g/mol. The molecule has 0 aliphatic carbocycles. The average Bonchev–Trinajstić information content (AvgIpc) is 2.52. The summed E-state index contributed by atoms with van der Waals surface area (Å²) >= 11 is 0. The Bertz CT molecular complexity index is 425. The number of nitrogens with one attached hydrogen (secondary N) is 1. The number of benzene rings is 1. The molecular formula is C16H26N2O3. The van der Waals surface area contributed by atoms with Gasteiger partial charge in [-0.25, -0.2) is 4.79 Å². The number of nitrogens with zero attached hydrogens (tertiary/aromatic N) is 1. The van der Waals surface area contributed by atoms with Gasteiger partial charge in [0.1, 0.15) is 0 Å². The third-order valence-electron chi connectivity index (χ3n) is 3.46. The van der Waals surface area contributed by atoms with Crippen molar-refractivity contribution in [3.8, 4) is 0 Å². The van der Waals surface area contributed by atoms with Crippen LogP contribution in [0.5, 0.6) is 0 Å². The molecule has 5 nitrogen and oxygen atoms in total. The van der Waals surface area contributed by atoms with Crippen LogP contribution in [0.1, 0.15) is 12.5 Å². The van der Waals surface area contributed by atoms with E-state index < -0.39 is 5.54 Å². The number of ether oxygens (including phenoxy) is 2. The first-order valence-corrected chi connectivity index (χ1v) is 7.17. The Morgan fingerprint density at radius 2 is 1.95 bits per heavy atom. The van der Waals surface area contributed by atoms with Gasteiger partial charge >= 0.3 is 5.97 Å². The first-order valence-electron chi connectivity index (χ1n) is 7.17. The Hall–Kier alpha value is -1.43. The van der Waals surface area contributed by atoms with Crippen LogP contribution in [0.3, 0.4) is 0 Å². The van der Waals surface area contributed by atoms with Crippen molar-refractivity contribution >= 4 is 5.97 Å². The zero-order valence-electron chi connectivity index (χ0n) is 13.4. The van der Waals surface area contributed by atoms with E-state index in [2.05, 4.69) is 10.2 Å². The van der Waals surface area contributed by atoms with Gasteiger partial charge < -0.3 is 14.4 Å².